The fourth-order valence-corrected chi connectivity index (χ4v) is 5.95. The molecule has 1 fully saturated rings. The van der Waals surface area contributed by atoms with Crippen LogP contribution in [0, 0.1) is 0 Å². The number of hydrogen-bond donors (Lipinski definition) is 1. The van der Waals surface area contributed by atoms with Crippen molar-refractivity contribution in [3.8, 4) is 34.6 Å². The van der Waals surface area contributed by atoms with Gasteiger partial charge in [-0.2, -0.15) is 0 Å². The van der Waals surface area contributed by atoms with Crippen molar-refractivity contribution >= 4 is 28.5 Å². The topological polar surface area (TPSA) is 155 Å². The van der Waals surface area contributed by atoms with Gasteiger partial charge < -0.3 is 18.9 Å². The highest BCUT2D eigenvalue weighted by Crippen LogP contribution is 2.38. The standard InChI is InChI=1S/C29H38N8O6S/c1-18(2)15-31-27(30-4)25(36-16-20(17-36)40-5)19(3)44(38,39)35-29-34-33-28(21-11-9-14-24(32-21)43-8)37(29)26-22(41-6)12-10-13-23(26)42-7/h9-15,19-20,25H,4,16-17H2,1-3,5-8H3,(H,34,35)/t19-,25?/m0/s1. The zero-order valence-electron chi connectivity index (χ0n) is 25.9. The first-order valence-corrected chi connectivity index (χ1v) is 15.3. The average Bonchev–Trinajstić information content (AvgIpc) is 3.40. The quantitative estimate of drug-likeness (QED) is 0.221. The number of ether oxygens (including phenoxy) is 4. The van der Waals surface area contributed by atoms with E-state index in [1.807, 2.05) is 18.7 Å². The van der Waals surface area contributed by atoms with Gasteiger partial charge in [-0.15, -0.1) is 10.2 Å². The second-order valence-electron chi connectivity index (χ2n) is 10.2. The zero-order valence-corrected chi connectivity index (χ0v) is 26.7. The third-order valence-electron chi connectivity index (χ3n) is 7.10. The molecule has 0 aliphatic carbocycles. The molecular formula is C29H38N8O6S. The van der Waals surface area contributed by atoms with Crippen LogP contribution in [0.4, 0.5) is 5.95 Å². The lowest BCUT2D eigenvalue weighted by Gasteiger charge is -2.44. The van der Waals surface area contributed by atoms with Crippen molar-refractivity contribution in [1.29, 1.82) is 0 Å². The maximum Gasteiger partial charge on any atom is 0.243 e. The van der Waals surface area contributed by atoms with Crippen molar-refractivity contribution < 1.29 is 27.4 Å². The molecule has 1 unspecified atom stereocenters. The van der Waals surface area contributed by atoms with Gasteiger partial charge in [0.1, 0.15) is 34.0 Å². The molecule has 2 aromatic heterocycles. The van der Waals surface area contributed by atoms with Gasteiger partial charge in [-0.1, -0.05) is 17.7 Å². The Morgan fingerprint density at radius 1 is 1.05 bits per heavy atom. The molecule has 4 rings (SSSR count). The number of pyridine rings is 1. The summed E-state index contributed by atoms with van der Waals surface area (Å²) in [6.07, 6.45) is 1.60. The van der Waals surface area contributed by atoms with Crippen LogP contribution in [0.5, 0.6) is 17.4 Å². The first kappa shape index (κ1) is 32.6. The summed E-state index contributed by atoms with van der Waals surface area (Å²) >= 11 is 0. The van der Waals surface area contributed by atoms with Crippen molar-refractivity contribution in [2.24, 2.45) is 9.98 Å². The van der Waals surface area contributed by atoms with Crippen LogP contribution in [0.15, 0.2) is 58.2 Å². The minimum absolute atomic E-state index is 0.0334. The number of methoxy groups -OCH3 is 4. The molecule has 3 aromatic rings. The summed E-state index contributed by atoms with van der Waals surface area (Å²) in [5.41, 5.74) is 1.67. The molecule has 0 spiro atoms. The Balaban J connectivity index is 1.85. The number of para-hydroxylation sites is 1. The third kappa shape index (κ3) is 6.74. The van der Waals surface area contributed by atoms with Crippen LogP contribution in [0.3, 0.4) is 0 Å². The Morgan fingerprint density at radius 2 is 1.70 bits per heavy atom. The molecule has 0 saturated carbocycles. The maximum atomic E-state index is 14.2. The number of nitrogens with one attached hydrogen (secondary N) is 1. The minimum Gasteiger partial charge on any atom is -0.494 e. The van der Waals surface area contributed by atoms with Crippen molar-refractivity contribution in [3.63, 3.8) is 0 Å². The van der Waals surface area contributed by atoms with Gasteiger partial charge in [0.2, 0.25) is 21.9 Å². The molecule has 1 aliphatic heterocycles. The molecule has 44 heavy (non-hydrogen) atoms. The molecule has 0 bridgehead atoms. The van der Waals surface area contributed by atoms with Crippen LogP contribution in [0.1, 0.15) is 20.8 Å². The predicted octanol–water partition coefficient (Wildman–Crippen LogP) is 3.21. The summed E-state index contributed by atoms with van der Waals surface area (Å²) in [6, 6.07) is 9.59. The van der Waals surface area contributed by atoms with Gasteiger partial charge in [0.05, 0.1) is 33.5 Å². The molecule has 0 radical (unpaired) electrons. The van der Waals surface area contributed by atoms with Gasteiger partial charge >= 0.3 is 0 Å². The lowest BCUT2D eigenvalue weighted by molar-refractivity contribution is -0.0385. The van der Waals surface area contributed by atoms with Gasteiger partial charge in [-0.25, -0.2) is 23.4 Å². The van der Waals surface area contributed by atoms with Crippen molar-refractivity contribution in [1.82, 2.24) is 24.6 Å². The molecule has 14 nitrogen and oxygen atoms in total. The number of aliphatic imine (C=N–C) groups is 2. The fourth-order valence-electron chi connectivity index (χ4n) is 4.74. The largest absolute Gasteiger partial charge is 0.494 e. The number of amidine groups is 1. The lowest BCUT2D eigenvalue weighted by atomic mass is 10.0. The summed E-state index contributed by atoms with van der Waals surface area (Å²) in [6.45, 7) is 10.1. The van der Waals surface area contributed by atoms with E-state index in [9.17, 15) is 8.42 Å². The van der Waals surface area contributed by atoms with Crippen LogP contribution in [-0.4, -0.2) is 105 Å². The molecule has 1 saturated heterocycles. The van der Waals surface area contributed by atoms with Gasteiger partial charge in [0.25, 0.3) is 0 Å². The smallest absolute Gasteiger partial charge is 0.243 e. The number of aromatic nitrogens is 4. The molecule has 2 atom stereocenters. The van der Waals surface area contributed by atoms with Crippen LogP contribution in [0.25, 0.3) is 17.2 Å². The SMILES string of the molecule is C=NC(=NC=C(C)C)C([C@H](C)S(=O)(=O)Nc1nnc(-c2cccc(OC)n2)n1-c1c(OC)cccc1OC)N1CC(OC)C1. The normalized spacial score (nSPS) is 15.6. The van der Waals surface area contributed by atoms with E-state index >= 15 is 0 Å². The maximum absolute atomic E-state index is 14.2. The van der Waals surface area contributed by atoms with Crippen molar-refractivity contribution in [2.75, 3.05) is 46.3 Å². The number of allylic oxidation sites excluding steroid dienone is 1. The minimum atomic E-state index is -4.17. The van der Waals surface area contributed by atoms with E-state index in [2.05, 4.69) is 36.6 Å². The molecular weight excluding hydrogens is 588 g/mol. The Morgan fingerprint density at radius 3 is 2.27 bits per heavy atom. The number of hydrogen-bond acceptors (Lipinski definition) is 11. The van der Waals surface area contributed by atoms with Gasteiger partial charge in [-0.05, 0) is 45.7 Å². The Bertz CT molecular complexity index is 1620. The highest BCUT2D eigenvalue weighted by Gasteiger charge is 2.43. The second kappa shape index (κ2) is 14.0. The number of sulfonamides is 1. The highest BCUT2D eigenvalue weighted by molar-refractivity contribution is 7.93. The molecule has 3 heterocycles. The molecule has 15 heteroatoms. The number of rotatable bonds is 13. The van der Waals surface area contributed by atoms with Crippen LogP contribution in [-0.2, 0) is 14.8 Å². The van der Waals surface area contributed by atoms with Crippen LogP contribution in [0.2, 0.25) is 0 Å². The molecule has 236 valence electrons. The number of anilines is 1. The first-order chi connectivity index (χ1) is 21.1. The van der Waals surface area contributed by atoms with E-state index in [4.69, 9.17) is 18.9 Å². The highest BCUT2D eigenvalue weighted by atomic mass is 32.2. The van der Waals surface area contributed by atoms with Gasteiger partial charge in [0.15, 0.2) is 5.82 Å². The van der Waals surface area contributed by atoms with E-state index in [1.54, 1.807) is 56.6 Å². The average molecular weight is 627 g/mol. The summed E-state index contributed by atoms with van der Waals surface area (Å²) in [7, 11) is 1.94. The van der Waals surface area contributed by atoms with Crippen LogP contribution >= 0.6 is 0 Å². The van der Waals surface area contributed by atoms with Crippen molar-refractivity contribution in [2.45, 2.75) is 38.2 Å². The van der Waals surface area contributed by atoms with E-state index in [1.165, 1.54) is 25.9 Å². The zero-order chi connectivity index (χ0) is 32.0. The monoisotopic (exact) mass is 626 g/mol. The van der Waals surface area contributed by atoms with E-state index in [-0.39, 0.29) is 23.7 Å². The summed E-state index contributed by atoms with van der Waals surface area (Å²) in [5, 5.41) is 7.53. The van der Waals surface area contributed by atoms with Gasteiger partial charge in [0, 0.05) is 32.5 Å². The second-order valence-corrected chi connectivity index (χ2v) is 12.3. The summed E-state index contributed by atoms with van der Waals surface area (Å²) < 4.78 is 54.5. The van der Waals surface area contributed by atoms with E-state index in [0.29, 0.717) is 41.8 Å². The molecule has 1 N–H and O–H groups in total. The van der Waals surface area contributed by atoms with E-state index < -0.39 is 21.3 Å². The number of benzene rings is 1. The molecule has 0 amide bonds. The Labute approximate surface area is 257 Å². The first-order valence-electron chi connectivity index (χ1n) is 13.7. The summed E-state index contributed by atoms with van der Waals surface area (Å²) in [4.78, 5) is 15.0. The molecule has 1 aromatic carbocycles. The fraction of sp³-hybridized carbons (Fsp3) is 0.414. The Kier molecular flexibility index (Phi) is 10.3. The number of nitrogens with zero attached hydrogens (tertiary/aromatic N) is 7. The van der Waals surface area contributed by atoms with Crippen molar-refractivity contribution in [3.05, 3.63) is 48.2 Å². The Hall–Kier alpha value is -4.34. The molecule has 1 aliphatic rings. The predicted molar refractivity (Wildman–Crippen MR) is 169 cm³/mol. The van der Waals surface area contributed by atoms with E-state index in [0.717, 1.165) is 5.57 Å². The van der Waals surface area contributed by atoms with Gasteiger partial charge in [-0.3, -0.25) is 14.2 Å². The summed E-state index contributed by atoms with van der Waals surface area (Å²) in [5.74, 6) is 1.50. The number of likely N-dealkylation sites (tertiary alicyclic amines) is 1. The lowest BCUT2D eigenvalue weighted by Crippen LogP contribution is -2.62. The third-order valence-corrected chi connectivity index (χ3v) is 8.81. The van der Waals surface area contributed by atoms with Crippen LogP contribution < -0.4 is 18.9 Å².